The van der Waals surface area contributed by atoms with Crippen LogP contribution in [0.15, 0.2) is 53.3 Å². The third-order valence-corrected chi connectivity index (χ3v) is 5.44. The number of aromatic nitrogens is 1. The molecular formula is C22H23N3O2. The van der Waals surface area contributed by atoms with Gasteiger partial charge in [0.2, 0.25) is 0 Å². The van der Waals surface area contributed by atoms with Crippen molar-refractivity contribution in [1.29, 1.82) is 0 Å². The van der Waals surface area contributed by atoms with Gasteiger partial charge in [0.1, 0.15) is 0 Å². The van der Waals surface area contributed by atoms with Gasteiger partial charge in [0.05, 0.1) is 11.1 Å². The van der Waals surface area contributed by atoms with Gasteiger partial charge in [-0.1, -0.05) is 42.5 Å². The van der Waals surface area contributed by atoms with Gasteiger partial charge in [0, 0.05) is 30.6 Å². The molecule has 2 N–H and O–H groups in total. The molecule has 0 bridgehead atoms. The predicted molar refractivity (Wildman–Crippen MR) is 107 cm³/mol. The lowest BCUT2D eigenvalue weighted by molar-refractivity contribution is 0.0950. The normalized spacial score (nSPS) is 16.1. The van der Waals surface area contributed by atoms with Crippen molar-refractivity contribution in [3.8, 4) is 0 Å². The molecule has 0 saturated carbocycles. The second-order valence-corrected chi connectivity index (χ2v) is 7.05. The smallest absolute Gasteiger partial charge is 0.254 e. The maximum absolute atomic E-state index is 13.0. The van der Waals surface area contributed by atoms with Crippen LogP contribution in [0.2, 0.25) is 0 Å². The average Bonchev–Trinajstić information content (AvgIpc) is 2.70. The summed E-state index contributed by atoms with van der Waals surface area (Å²) < 4.78 is 1.60. The molecule has 2 heterocycles. The lowest BCUT2D eigenvalue weighted by Gasteiger charge is -2.27. The van der Waals surface area contributed by atoms with E-state index in [2.05, 4.69) is 28.8 Å². The van der Waals surface area contributed by atoms with Crippen LogP contribution in [0.3, 0.4) is 0 Å². The molecule has 1 aromatic heterocycles. The number of benzene rings is 2. The standard InChI is InChI=1S/C22H23N3O2/c1-14-20(17-9-5-6-10-19(17)25(2)22(14)27)21(26)24-13-18-16-8-4-3-7-15(16)11-12-23-18/h3-10,18,23H,11-13H2,1-2H3,(H,24,26). The highest BCUT2D eigenvalue weighted by molar-refractivity contribution is 6.07. The van der Waals surface area contributed by atoms with Gasteiger partial charge >= 0.3 is 0 Å². The van der Waals surface area contributed by atoms with Crippen LogP contribution in [0.4, 0.5) is 0 Å². The van der Waals surface area contributed by atoms with Crippen LogP contribution in [0.25, 0.3) is 10.9 Å². The van der Waals surface area contributed by atoms with E-state index in [1.54, 1.807) is 18.5 Å². The topological polar surface area (TPSA) is 63.1 Å². The zero-order valence-electron chi connectivity index (χ0n) is 15.6. The highest BCUT2D eigenvalue weighted by Crippen LogP contribution is 2.23. The molecule has 138 valence electrons. The van der Waals surface area contributed by atoms with E-state index in [9.17, 15) is 9.59 Å². The molecule has 0 spiro atoms. The van der Waals surface area contributed by atoms with Crippen LogP contribution in [0.5, 0.6) is 0 Å². The average molecular weight is 361 g/mol. The Bertz CT molecular complexity index is 1080. The maximum atomic E-state index is 13.0. The van der Waals surface area contributed by atoms with Crippen LogP contribution >= 0.6 is 0 Å². The second-order valence-electron chi connectivity index (χ2n) is 7.05. The SMILES string of the molecule is Cc1c(C(=O)NCC2NCCc3ccccc32)c2ccccc2n(C)c1=O. The molecule has 1 unspecified atom stereocenters. The van der Waals surface area contributed by atoms with Crippen molar-refractivity contribution < 1.29 is 4.79 Å². The summed E-state index contributed by atoms with van der Waals surface area (Å²) >= 11 is 0. The number of amides is 1. The van der Waals surface area contributed by atoms with Crippen LogP contribution in [0, 0.1) is 6.92 Å². The van der Waals surface area contributed by atoms with Gasteiger partial charge < -0.3 is 15.2 Å². The van der Waals surface area contributed by atoms with Gasteiger partial charge in [-0.15, -0.1) is 0 Å². The van der Waals surface area contributed by atoms with Crippen molar-refractivity contribution >= 4 is 16.8 Å². The van der Waals surface area contributed by atoms with Crippen LogP contribution in [-0.4, -0.2) is 23.6 Å². The van der Waals surface area contributed by atoms with Crippen molar-refractivity contribution in [2.45, 2.75) is 19.4 Å². The van der Waals surface area contributed by atoms with E-state index < -0.39 is 0 Å². The van der Waals surface area contributed by atoms with Gasteiger partial charge in [0.15, 0.2) is 0 Å². The molecule has 1 aliphatic heterocycles. The summed E-state index contributed by atoms with van der Waals surface area (Å²) in [6.45, 7) is 3.10. The number of para-hydroxylation sites is 1. The lowest BCUT2D eigenvalue weighted by atomic mass is 9.94. The minimum absolute atomic E-state index is 0.0806. The third kappa shape index (κ3) is 3.04. The largest absolute Gasteiger partial charge is 0.350 e. The Morgan fingerprint density at radius 3 is 2.78 bits per heavy atom. The van der Waals surface area contributed by atoms with Crippen molar-refractivity contribution in [1.82, 2.24) is 15.2 Å². The Hall–Kier alpha value is -2.92. The molecule has 3 aromatic rings. The molecule has 27 heavy (non-hydrogen) atoms. The van der Waals surface area contributed by atoms with E-state index in [0.29, 0.717) is 17.7 Å². The number of nitrogens with zero attached hydrogens (tertiary/aromatic N) is 1. The molecule has 5 heteroatoms. The molecule has 1 amide bonds. The van der Waals surface area contributed by atoms with Gasteiger partial charge in [-0.2, -0.15) is 0 Å². The van der Waals surface area contributed by atoms with E-state index in [1.807, 2.05) is 30.3 Å². The van der Waals surface area contributed by atoms with E-state index in [4.69, 9.17) is 0 Å². The number of hydrogen-bond acceptors (Lipinski definition) is 3. The molecular weight excluding hydrogens is 338 g/mol. The Balaban J connectivity index is 1.65. The monoisotopic (exact) mass is 361 g/mol. The molecule has 0 saturated heterocycles. The Morgan fingerprint density at radius 1 is 1.19 bits per heavy atom. The summed E-state index contributed by atoms with van der Waals surface area (Å²) in [4.78, 5) is 25.6. The van der Waals surface area contributed by atoms with Crippen molar-refractivity contribution in [3.05, 3.63) is 81.1 Å². The summed E-state index contributed by atoms with van der Waals surface area (Å²) in [6, 6.07) is 15.9. The van der Waals surface area contributed by atoms with Crippen molar-refractivity contribution in [2.24, 2.45) is 7.05 Å². The molecule has 1 atom stereocenters. The maximum Gasteiger partial charge on any atom is 0.254 e. The third-order valence-electron chi connectivity index (χ3n) is 5.44. The second kappa shape index (κ2) is 7.00. The first-order valence-electron chi connectivity index (χ1n) is 9.25. The van der Waals surface area contributed by atoms with Crippen LogP contribution in [0.1, 0.15) is 33.1 Å². The van der Waals surface area contributed by atoms with Crippen LogP contribution in [-0.2, 0) is 13.5 Å². The number of rotatable bonds is 3. The molecule has 4 rings (SSSR count). The van der Waals surface area contributed by atoms with Gasteiger partial charge in [0.25, 0.3) is 11.5 Å². The first-order valence-corrected chi connectivity index (χ1v) is 9.25. The summed E-state index contributed by atoms with van der Waals surface area (Å²) in [7, 11) is 1.74. The molecule has 0 fully saturated rings. The minimum atomic E-state index is -0.203. The first kappa shape index (κ1) is 17.5. The van der Waals surface area contributed by atoms with Crippen molar-refractivity contribution in [2.75, 3.05) is 13.1 Å². The minimum Gasteiger partial charge on any atom is -0.350 e. The number of carbonyl (C=O) groups is 1. The Morgan fingerprint density at radius 2 is 1.93 bits per heavy atom. The van der Waals surface area contributed by atoms with E-state index in [0.717, 1.165) is 23.9 Å². The summed E-state index contributed by atoms with van der Waals surface area (Å²) in [5.41, 5.74) is 4.13. The first-order chi connectivity index (χ1) is 13.1. The lowest BCUT2D eigenvalue weighted by Crippen LogP contribution is -2.39. The predicted octanol–water partition coefficient (Wildman–Crippen LogP) is 2.46. The number of nitrogens with one attached hydrogen (secondary N) is 2. The fourth-order valence-electron chi connectivity index (χ4n) is 4.00. The van der Waals surface area contributed by atoms with E-state index in [-0.39, 0.29) is 17.5 Å². The van der Waals surface area contributed by atoms with E-state index >= 15 is 0 Å². The number of pyridine rings is 1. The van der Waals surface area contributed by atoms with Crippen LogP contribution < -0.4 is 16.2 Å². The highest BCUT2D eigenvalue weighted by atomic mass is 16.2. The molecule has 5 nitrogen and oxygen atoms in total. The molecule has 0 aliphatic carbocycles. The zero-order valence-corrected chi connectivity index (χ0v) is 15.6. The van der Waals surface area contributed by atoms with Gasteiger partial charge in [-0.25, -0.2) is 0 Å². The summed E-state index contributed by atoms with van der Waals surface area (Å²) in [6.07, 6.45) is 0.999. The fraction of sp³-hybridized carbons (Fsp3) is 0.273. The fourth-order valence-corrected chi connectivity index (χ4v) is 4.00. The summed E-state index contributed by atoms with van der Waals surface area (Å²) in [5, 5.41) is 7.31. The van der Waals surface area contributed by atoms with Gasteiger partial charge in [-0.05, 0) is 37.1 Å². The summed E-state index contributed by atoms with van der Waals surface area (Å²) in [5.74, 6) is -0.203. The van der Waals surface area contributed by atoms with Gasteiger partial charge in [-0.3, -0.25) is 9.59 Å². The molecule has 1 aliphatic rings. The zero-order chi connectivity index (χ0) is 19.0. The Labute approximate surface area is 158 Å². The van der Waals surface area contributed by atoms with E-state index in [1.165, 1.54) is 11.1 Å². The number of carbonyl (C=O) groups excluding carboxylic acids is 1. The Kier molecular flexibility index (Phi) is 4.54. The molecule has 2 aromatic carbocycles. The quantitative estimate of drug-likeness (QED) is 0.753. The number of aryl methyl sites for hydroxylation is 1. The number of fused-ring (bicyclic) bond motifs is 2. The highest BCUT2D eigenvalue weighted by Gasteiger charge is 2.22. The number of hydrogen-bond donors (Lipinski definition) is 2. The van der Waals surface area contributed by atoms with Crippen molar-refractivity contribution in [3.63, 3.8) is 0 Å². The molecule has 0 radical (unpaired) electrons.